The fourth-order valence-corrected chi connectivity index (χ4v) is 4.79. The van der Waals surface area contributed by atoms with Gasteiger partial charge in [0.25, 0.3) is 0 Å². The van der Waals surface area contributed by atoms with E-state index in [0.29, 0.717) is 6.42 Å². The van der Waals surface area contributed by atoms with Crippen LogP contribution in [0.1, 0.15) is 11.1 Å². The molecule has 7 heteroatoms. The summed E-state index contributed by atoms with van der Waals surface area (Å²) >= 11 is 1.73. The van der Waals surface area contributed by atoms with Crippen LogP contribution < -0.4 is 14.4 Å². The number of nitrogens with zero attached hydrogens (tertiary/aromatic N) is 3. The van der Waals surface area contributed by atoms with Gasteiger partial charge in [-0.15, -0.1) is 0 Å². The van der Waals surface area contributed by atoms with Crippen LogP contribution in [0, 0.1) is 6.92 Å². The number of piperazine rings is 1. The first-order valence-corrected chi connectivity index (χ1v) is 10.3. The van der Waals surface area contributed by atoms with Crippen molar-refractivity contribution < 1.29 is 14.3 Å². The molecule has 0 unspecified atom stereocenters. The molecule has 1 aromatic heterocycles. The predicted octanol–water partition coefficient (Wildman–Crippen LogP) is 3.22. The Labute approximate surface area is 167 Å². The molecule has 1 fully saturated rings. The van der Waals surface area contributed by atoms with Crippen molar-refractivity contribution in [3.05, 3.63) is 47.5 Å². The van der Waals surface area contributed by atoms with Gasteiger partial charge in [-0.05, 0) is 36.2 Å². The van der Waals surface area contributed by atoms with Gasteiger partial charge in [-0.25, -0.2) is 4.98 Å². The maximum absolute atomic E-state index is 12.7. The Hall–Kier alpha value is -2.80. The van der Waals surface area contributed by atoms with Crippen LogP contribution in [0.25, 0.3) is 10.2 Å². The van der Waals surface area contributed by atoms with E-state index in [1.165, 1.54) is 10.3 Å². The molecule has 0 radical (unpaired) electrons. The van der Waals surface area contributed by atoms with Gasteiger partial charge in [-0.1, -0.05) is 29.5 Å². The minimum Gasteiger partial charge on any atom is -0.454 e. The molecule has 0 spiro atoms. The Morgan fingerprint density at radius 2 is 1.93 bits per heavy atom. The highest BCUT2D eigenvalue weighted by Crippen LogP contribution is 2.33. The van der Waals surface area contributed by atoms with Crippen LogP contribution in [-0.4, -0.2) is 48.8 Å². The van der Waals surface area contributed by atoms with E-state index in [4.69, 9.17) is 14.5 Å². The average molecular weight is 395 g/mol. The van der Waals surface area contributed by atoms with Crippen LogP contribution in [0.5, 0.6) is 11.5 Å². The normalized spacial score (nSPS) is 16.0. The first-order valence-electron chi connectivity index (χ1n) is 9.45. The molecule has 0 bridgehead atoms. The summed E-state index contributed by atoms with van der Waals surface area (Å²) in [5.74, 6) is 1.62. The van der Waals surface area contributed by atoms with Gasteiger partial charge in [0.15, 0.2) is 16.6 Å². The molecule has 1 saturated heterocycles. The molecule has 28 heavy (non-hydrogen) atoms. The second-order valence-electron chi connectivity index (χ2n) is 7.15. The number of carbonyl (C=O) groups is 1. The number of carbonyl (C=O) groups excluding carboxylic acids is 1. The molecule has 2 aliphatic heterocycles. The minimum atomic E-state index is 0.152. The summed E-state index contributed by atoms with van der Waals surface area (Å²) in [6, 6.07) is 12.0. The number of fused-ring (bicyclic) bond motifs is 2. The molecule has 0 aliphatic carbocycles. The third-order valence-corrected chi connectivity index (χ3v) is 6.39. The molecule has 2 aliphatic rings. The first-order chi connectivity index (χ1) is 13.7. The standard InChI is InChI=1S/C21H21N3O3S/c1-14-3-2-4-18-20(14)22-21(28-18)24-9-7-23(8-10-24)19(25)12-15-5-6-16-17(11-15)27-13-26-16/h2-6,11H,7-10,12-13H2,1H3. The lowest BCUT2D eigenvalue weighted by atomic mass is 10.1. The number of thiazole rings is 1. The largest absolute Gasteiger partial charge is 0.454 e. The minimum absolute atomic E-state index is 0.152. The number of benzene rings is 2. The molecule has 0 saturated carbocycles. The van der Waals surface area contributed by atoms with Gasteiger partial charge in [0.1, 0.15) is 0 Å². The number of ether oxygens (including phenoxy) is 2. The second-order valence-corrected chi connectivity index (χ2v) is 8.16. The van der Waals surface area contributed by atoms with Gasteiger partial charge >= 0.3 is 0 Å². The number of hydrogen-bond acceptors (Lipinski definition) is 6. The van der Waals surface area contributed by atoms with Crippen LogP contribution in [0.3, 0.4) is 0 Å². The first kappa shape index (κ1) is 17.3. The number of aryl methyl sites for hydroxylation is 1. The van der Waals surface area contributed by atoms with E-state index in [0.717, 1.165) is 53.9 Å². The zero-order valence-corrected chi connectivity index (χ0v) is 16.5. The number of amides is 1. The third-order valence-electron chi connectivity index (χ3n) is 5.30. The molecular weight excluding hydrogens is 374 g/mol. The summed E-state index contributed by atoms with van der Waals surface area (Å²) in [7, 11) is 0. The van der Waals surface area contributed by atoms with Gasteiger partial charge in [0.05, 0.1) is 16.6 Å². The molecule has 0 N–H and O–H groups in total. The fraction of sp³-hybridized carbons (Fsp3) is 0.333. The maximum atomic E-state index is 12.7. The Balaban J connectivity index is 1.22. The Morgan fingerprint density at radius 1 is 1.11 bits per heavy atom. The van der Waals surface area contributed by atoms with Crippen LogP contribution in [0.15, 0.2) is 36.4 Å². The summed E-state index contributed by atoms with van der Waals surface area (Å²) in [6.07, 6.45) is 0.386. The van der Waals surface area contributed by atoms with E-state index in [1.54, 1.807) is 11.3 Å². The third kappa shape index (κ3) is 3.16. The fourth-order valence-electron chi connectivity index (χ4n) is 3.69. The van der Waals surface area contributed by atoms with Crippen molar-refractivity contribution in [1.82, 2.24) is 9.88 Å². The van der Waals surface area contributed by atoms with Gasteiger partial charge < -0.3 is 19.3 Å². The summed E-state index contributed by atoms with van der Waals surface area (Å²) in [5, 5.41) is 1.05. The highest BCUT2D eigenvalue weighted by Gasteiger charge is 2.24. The van der Waals surface area contributed by atoms with Crippen LogP contribution in [-0.2, 0) is 11.2 Å². The molecule has 144 valence electrons. The van der Waals surface area contributed by atoms with Crippen molar-refractivity contribution in [2.24, 2.45) is 0 Å². The van der Waals surface area contributed by atoms with Crippen molar-refractivity contribution in [3.63, 3.8) is 0 Å². The monoisotopic (exact) mass is 395 g/mol. The number of para-hydroxylation sites is 1. The zero-order valence-electron chi connectivity index (χ0n) is 15.7. The van der Waals surface area contributed by atoms with Gasteiger partial charge in [-0.3, -0.25) is 4.79 Å². The summed E-state index contributed by atoms with van der Waals surface area (Å²) < 4.78 is 12.0. The van der Waals surface area contributed by atoms with Crippen molar-refractivity contribution in [1.29, 1.82) is 0 Å². The van der Waals surface area contributed by atoms with E-state index in [-0.39, 0.29) is 12.7 Å². The number of hydrogen-bond donors (Lipinski definition) is 0. The van der Waals surface area contributed by atoms with Crippen molar-refractivity contribution in [2.45, 2.75) is 13.3 Å². The average Bonchev–Trinajstić information content (AvgIpc) is 3.35. The molecule has 5 rings (SSSR count). The molecular formula is C21H21N3O3S. The highest BCUT2D eigenvalue weighted by molar-refractivity contribution is 7.22. The van der Waals surface area contributed by atoms with Gasteiger partial charge in [0, 0.05) is 26.2 Å². The molecule has 0 atom stereocenters. The Kier molecular flexibility index (Phi) is 4.31. The lowest BCUT2D eigenvalue weighted by molar-refractivity contribution is -0.130. The molecule has 1 amide bonds. The van der Waals surface area contributed by atoms with Crippen molar-refractivity contribution in [3.8, 4) is 11.5 Å². The van der Waals surface area contributed by atoms with Gasteiger partial charge in [0.2, 0.25) is 12.7 Å². The topological polar surface area (TPSA) is 54.9 Å². The quantitative estimate of drug-likeness (QED) is 0.682. The van der Waals surface area contributed by atoms with E-state index in [1.807, 2.05) is 23.1 Å². The molecule has 3 heterocycles. The predicted molar refractivity (Wildman–Crippen MR) is 109 cm³/mol. The Morgan fingerprint density at radius 3 is 2.75 bits per heavy atom. The Bertz CT molecular complexity index is 1040. The molecule has 3 aromatic rings. The number of anilines is 1. The van der Waals surface area contributed by atoms with Crippen LogP contribution in [0.2, 0.25) is 0 Å². The lowest BCUT2D eigenvalue weighted by Crippen LogP contribution is -2.49. The number of aromatic nitrogens is 1. The summed E-state index contributed by atoms with van der Waals surface area (Å²) in [6.45, 7) is 5.41. The smallest absolute Gasteiger partial charge is 0.231 e. The van der Waals surface area contributed by atoms with Crippen LogP contribution in [0.4, 0.5) is 5.13 Å². The SMILES string of the molecule is Cc1cccc2sc(N3CCN(C(=O)Cc4ccc5c(c4)OCO5)CC3)nc12. The summed E-state index contributed by atoms with van der Waals surface area (Å²) in [5.41, 5.74) is 3.25. The lowest BCUT2D eigenvalue weighted by Gasteiger charge is -2.34. The van der Waals surface area contributed by atoms with E-state index < -0.39 is 0 Å². The molecule has 6 nitrogen and oxygen atoms in total. The van der Waals surface area contributed by atoms with E-state index in [9.17, 15) is 4.79 Å². The number of rotatable bonds is 3. The second kappa shape index (κ2) is 6.98. The van der Waals surface area contributed by atoms with Crippen LogP contribution >= 0.6 is 11.3 Å². The van der Waals surface area contributed by atoms with Gasteiger partial charge in [-0.2, -0.15) is 0 Å². The van der Waals surface area contributed by atoms with Crippen molar-refractivity contribution >= 4 is 32.6 Å². The van der Waals surface area contributed by atoms with Crippen molar-refractivity contribution in [2.75, 3.05) is 37.9 Å². The van der Waals surface area contributed by atoms with E-state index in [2.05, 4.69) is 30.0 Å². The highest BCUT2D eigenvalue weighted by atomic mass is 32.1. The molecule has 2 aromatic carbocycles. The summed E-state index contributed by atoms with van der Waals surface area (Å²) in [4.78, 5) is 21.8. The zero-order chi connectivity index (χ0) is 19.1. The maximum Gasteiger partial charge on any atom is 0.231 e. The van der Waals surface area contributed by atoms with E-state index >= 15 is 0 Å².